The largest absolute Gasteiger partial charge is 0.493 e. The number of nitrogens with zero attached hydrogens (tertiary/aromatic N) is 4. The Kier molecular flexibility index (Phi) is 6.57. The van der Waals surface area contributed by atoms with Crippen molar-refractivity contribution in [3.63, 3.8) is 0 Å². The first-order chi connectivity index (χ1) is 13.5. The minimum absolute atomic E-state index is 0.346. The Morgan fingerprint density at radius 1 is 1.18 bits per heavy atom. The molecule has 1 aromatic carbocycles. The van der Waals surface area contributed by atoms with Gasteiger partial charge in [-0.1, -0.05) is 6.07 Å². The minimum atomic E-state index is 0.346. The Labute approximate surface area is 167 Å². The molecule has 2 aromatic rings. The van der Waals surface area contributed by atoms with Gasteiger partial charge in [-0.2, -0.15) is 4.98 Å². The van der Waals surface area contributed by atoms with Crippen LogP contribution in [-0.2, 0) is 6.42 Å². The molecule has 1 unspecified atom stereocenters. The van der Waals surface area contributed by atoms with Crippen LogP contribution in [0.15, 0.2) is 24.3 Å². The van der Waals surface area contributed by atoms with Crippen molar-refractivity contribution in [2.24, 2.45) is 0 Å². The summed E-state index contributed by atoms with van der Waals surface area (Å²) < 4.78 is 10.7. The summed E-state index contributed by atoms with van der Waals surface area (Å²) in [6, 6.07) is 8.65. The van der Waals surface area contributed by atoms with E-state index in [1.54, 1.807) is 14.2 Å². The lowest BCUT2D eigenvalue weighted by Gasteiger charge is -2.38. The fourth-order valence-corrected chi connectivity index (χ4v) is 3.78. The highest BCUT2D eigenvalue weighted by molar-refractivity contribution is 5.44. The molecule has 0 spiro atoms. The van der Waals surface area contributed by atoms with Crippen molar-refractivity contribution in [3.05, 3.63) is 35.5 Å². The third-order valence-electron chi connectivity index (χ3n) is 5.40. The molecule has 0 aliphatic carbocycles. The number of rotatable bonds is 7. The van der Waals surface area contributed by atoms with Crippen LogP contribution in [-0.4, -0.2) is 61.8 Å². The lowest BCUT2D eigenvalue weighted by atomic mass is 10.0. The fourth-order valence-electron chi connectivity index (χ4n) is 3.78. The van der Waals surface area contributed by atoms with E-state index >= 15 is 0 Å². The van der Waals surface area contributed by atoms with Crippen LogP contribution in [0.4, 0.5) is 11.8 Å². The highest BCUT2D eigenvalue weighted by atomic mass is 16.5. The molecular weight excluding hydrogens is 354 g/mol. The van der Waals surface area contributed by atoms with Crippen LogP contribution in [0.5, 0.6) is 11.5 Å². The van der Waals surface area contributed by atoms with Gasteiger partial charge in [-0.05, 0) is 50.9 Å². The minimum Gasteiger partial charge on any atom is -0.493 e. The maximum atomic E-state index is 5.84. The molecule has 1 fully saturated rings. The fraction of sp³-hybridized carbons (Fsp3) is 0.524. The molecule has 0 bridgehead atoms. The van der Waals surface area contributed by atoms with E-state index in [9.17, 15) is 0 Å². The van der Waals surface area contributed by atoms with E-state index in [2.05, 4.69) is 38.9 Å². The molecule has 7 nitrogen and oxygen atoms in total. The second kappa shape index (κ2) is 9.10. The van der Waals surface area contributed by atoms with Crippen molar-refractivity contribution in [1.29, 1.82) is 0 Å². The van der Waals surface area contributed by atoms with Gasteiger partial charge in [0.25, 0.3) is 0 Å². The summed E-state index contributed by atoms with van der Waals surface area (Å²) in [5, 5.41) is 0. The smallest absolute Gasteiger partial charge is 0.222 e. The number of nitrogens with two attached hydrogens (primary N) is 1. The first-order valence-electron chi connectivity index (χ1n) is 9.77. The van der Waals surface area contributed by atoms with Crippen molar-refractivity contribution < 1.29 is 9.47 Å². The van der Waals surface area contributed by atoms with Gasteiger partial charge in [-0.25, -0.2) is 4.98 Å². The molecule has 0 saturated carbocycles. The molecule has 3 rings (SSSR count). The number of aryl methyl sites for hydroxylation is 1. The van der Waals surface area contributed by atoms with E-state index in [1.165, 1.54) is 12.0 Å². The molecule has 7 heteroatoms. The number of benzene rings is 1. The van der Waals surface area contributed by atoms with E-state index < -0.39 is 0 Å². The summed E-state index contributed by atoms with van der Waals surface area (Å²) >= 11 is 0. The normalized spacial score (nSPS) is 17.0. The molecule has 1 atom stereocenters. The van der Waals surface area contributed by atoms with Gasteiger partial charge in [-0.15, -0.1) is 0 Å². The number of hydrogen-bond acceptors (Lipinski definition) is 7. The quantitative estimate of drug-likeness (QED) is 0.785. The lowest BCUT2D eigenvalue weighted by Crippen LogP contribution is -2.47. The molecular formula is C21H31N5O2. The van der Waals surface area contributed by atoms with Crippen LogP contribution in [0.25, 0.3) is 0 Å². The first-order valence-corrected chi connectivity index (χ1v) is 9.77. The maximum Gasteiger partial charge on any atom is 0.222 e. The van der Waals surface area contributed by atoms with E-state index in [1.807, 2.05) is 19.1 Å². The Hall–Kier alpha value is -2.54. The predicted octanol–water partition coefficient (Wildman–Crippen LogP) is 2.53. The highest BCUT2D eigenvalue weighted by Crippen LogP contribution is 2.28. The number of anilines is 2. The van der Waals surface area contributed by atoms with Crippen molar-refractivity contribution in [1.82, 2.24) is 14.9 Å². The number of aromatic nitrogens is 2. The van der Waals surface area contributed by atoms with E-state index in [-0.39, 0.29) is 0 Å². The standard InChI is InChI=1S/C21H31N5O2/c1-15-12-20(24-21(22)23-15)26-10-5-6-17(14-26)25(2)11-9-16-7-8-18(27-3)19(13-16)28-4/h7-8,12-13,17H,5-6,9-11,14H2,1-4H3,(H2,22,23,24). The third kappa shape index (κ3) is 4.84. The molecule has 0 radical (unpaired) electrons. The predicted molar refractivity (Wildman–Crippen MR) is 112 cm³/mol. The van der Waals surface area contributed by atoms with Gasteiger partial charge in [0.05, 0.1) is 14.2 Å². The Balaban J connectivity index is 1.60. The Morgan fingerprint density at radius 2 is 1.96 bits per heavy atom. The first kappa shape index (κ1) is 20.2. The number of likely N-dealkylation sites (N-methyl/N-ethyl adjacent to an activating group) is 1. The molecule has 28 heavy (non-hydrogen) atoms. The van der Waals surface area contributed by atoms with Gasteiger partial charge in [-0.3, -0.25) is 0 Å². The molecule has 1 aliphatic heterocycles. The Bertz CT molecular complexity index is 778. The van der Waals surface area contributed by atoms with Crippen molar-refractivity contribution in [2.45, 2.75) is 32.2 Å². The number of ether oxygens (including phenoxy) is 2. The second-order valence-electron chi connectivity index (χ2n) is 7.39. The van der Waals surface area contributed by atoms with Crippen molar-refractivity contribution in [3.8, 4) is 11.5 Å². The topological polar surface area (TPSA) is 76.7 Å². The van der Waals surface area contributed by atoms with Gasteiger partial charge in [0.15, 0.2) is 11.5 Å². The molecule has 2 N–H and O–H groups in total. The van der Waals surface area contributed by atoms with E-state index in [4.69, 9.17) is 15.2 Å². The van der Waals surface area contributed by atoms with E-state index in [0.29, 0.717) is 12.0 Å². The summed E-state index contributed by atoms with van der Waals surface area (Å²) in [7, 11) is 5.54. The monoisotopic (exact) mass is 385 g/mol. The molecule has 1 saturated heterocycles. The third-order valence-corrected chi connectivity index (χ3v) is 5.40. The molecule has 2 heterocycles. The van der Waals surface area contributed by atoms with Crippen LogP contribution < -0.4 is 20.1 Å². The summed E-state index contributed by atoms with van der Waals surface area (Å²) in [6.45, 7) is 4.91. The van der Waals surface area contributed by atoms with Crippen LogP contribution in [0, 0.1) is 6.92 Å². The lowest BCUT2D eigenvalue weighted by molar-refractivity contribution is 0.217. The zero-order valence-corrected chi connectivity index (χ0v) is 17.3. The molecule has 1 aliphatic rings. The highest BCUT2D eigenvalue weighted by Gasteiger charge is 2.24. The number of methoxy groups -OCH3 is 2. The van der Waals surface area contributed by atoms with Crippen molar-refractivity contribution >= 4 is 11.8 Å². The van der Waals surface area contributed by atoms with Crippen molar-refractivity contribution in [2.75, 3.05) is 51.5 Å². The average molecular weight is 386 g/mol. The summed E-state index contributed by atoms with van der Waals surface area (Å²) in [6.07, 6.45) is 3.31. The maximum absolute atomic E-state index is 5.84. The van der Waals surface area contributed by atoms with Crippen LogP contribution in [0.2, 0.25) is 0 Å². The number of piperidine rings is 1. The van der Waals surface area contributed by atoms with Gasteiger partial charge in [0.2, 0.25) is 5.95 Å². The van der Waals surface area contributed by atoms with Crippen LogP contribution >= 0.6 is 0 Å². The zero-order chi connectivity index (χ0) is 20.1. The second-order valence-corrected chi connectivity index (χ2v) is 7.39. The number of hydrogen-bond donors (Lipinski definition) is 1. The molecule has 1 aromatic heterocycles. The Morgan fingerprint density at radius 3 is 2.68 bits per heavy atom. The molecule has 0 amide bonds. The average Bonchev–Trinajstić information content (AvgIpc) is 2.71. The van der Waals surface area contributed by atoms with Crippen LogP contribution in [0.3, 0.4) is 0 Å². The SMILES string of the molecule is COc1ccc(CCN(C)C2CCCN(c3cc(C)nc(N)n3)C2)cc1OC. The summed E-state index contributed by atoms with van der Waals surface area (Å²) in [5.41, 5.74) is 7.99. The van der Waals surface area contributed by atoms with Gasteiger partial charge in [0, 0.05) is 37.4 Å². The van der Waals surface area contributed by atoms with Gasteiger partial charge in [0.1, 0.15) is 5.82 Å². The number of nitrogen functional groups attached to an aromatic ring is 1. The zero-order valence-electron chi connectivity index (χ0n) is 17.3. The molecule has 152 valence electrons. The van der Waals surface area contributed by atoms with E-state index in [0.717, 1.165) is 55.5 Å². The van der Waals surface area contributed by atoms with Gasteiger partial charge >= 0.3 is 0 Å². The summed E-state index contributed by atoms with van der Waals surface area (Å²) in [5.74, 6) is 2.83. The summed E-state index contributed by atoms with van der Waals surface area (Å²) in [4.78, 5) is 13.4. The van der Waals surface area contributed by atoms with Crippen LogP contribution in [0.1, 0.15) is 24.1 Å². The van der Waals surface area contributed by atoms with Gasteiger partial charge < -0.3 is 25.0 Å².